The third kappa shape index (κ3) is 4.03. The smallest absolute Gasteiger partial charge is 0.270 e. The molecule has 0 atom stereocenters. The van der Waals surface area contributed by atoms with Gasteiger partial charge in [0.2, 0.25) is 0 Å². The van der Waals surface area contributed by atoms with Gasteiger partial charge in [-0.05, 0) is 17.5 Å². The zero-order chi connectivity index (χ0) is 19.7. The Hall–Kier alpha value is -3.10. The lowest BCUT2D eigenvalue weighted by molar-refractivity contribution is -0.687. The van der Waals surface area contributed by atoms with Crippen LogP contribution in [-0.2, 0) is 17.9 Å². The fraction of sp³-hybridized carbons (Fsp3) is 0.250. The predicted octanol–water partition coefficient (Wildman–Crippen LogP) is -0.0285. The number of halogens is 1. The van der Waals surface area contributed by atoms with Crippen LogP contribution in [0, 0.1) is 10.1 Å². The minimum Gasteiger partial charge on any atom is -1.00 e. The van der Waals surface area contributed by atoms with Crippen LogP contribution in [0.2, 0.25) is 0 Å². The topological polar surface area (TPSA) is 83.9 Å². The van der Waals surface area contributed by atoms with Crippen LogP contribution in [0.15, 0.2) is 42.7 Å². The van der Waals surface area contributed by atoms with Gasteiger partial charge in [-0.1, -0.05) is 0 Å². The molecule has 0 saturated carbocycles. The lowest BCUT2D eigenvalue weighted by Crippen LogP contribution is -3.00. The number of aromatic nitrogens is 1. The molecule has 8 nitrogen and oxygen atoms in total. The number of rotatable bonds is 5. The van der Waals surface area contributed by atoms with E-state index in [1.165, 1.54) is 6.07 Å². The van der Waals surface area contributed by atoms with Crippen molar-refractivity contribution in [2.45, 2.75) is 13.2 Å². The molecule has 152 valence electrons. The number of methoxy groups -OCH3 is 2. The monoisotopic (exact) mass is 418 g/mol. The van der Waals surface area contributed by atoms with Crippen LogP contribution < -0.4 is 31.2 Å². The maximum Gasteiger partial charge on any atom is 0.270 e. The van der Waals surface area contributed by atoms with Crippen molar-refractivity contribution < 1.29 is 40.8 Å². The van der Waals surface area contributed by atoms with Gasteiger partial charge < -0.3 is 31.4 Å². The molecule has 0 aliphatic carbocycles. The standard InChI is InChI=1S/C20H19N2O6.ClH/c1-25-18-7-13-3-4-21(9-14(13)8-19(18)26-2)10-15-5-17(22(23)24)6-16-11-27-12-28-20(15)16;/h3-9H,10-12H2,1-2H3;1H/q+1;/p-1. The number of fused-ring (bicyclic) bond motifs is 2. The van der Waals surface area contributed by atoms with Gasteiger partial charge in [0.05, 0.1) is 31.3 Å². The maximum absolute atomic E-state index is 11.3. The lowest BCUT2D eigenvalue weighted by Gasteiger charge is -2.19. The van der Waals surface area contributed by atoms with E-state index >= 15 is 0 Å². The quantitative estimate of drug-likeness (QED) is 0.329. The van der Waals surface area contributed by atoms with Crippen molar-refractivity contribution in [2.24, 2.45) is 0 Å². The summed E-state index contributed by atoms with van der Waals surface area (Å²) in [4.78, 5) is 10.9. The summed E-state index contributed by atoms with van der Waals surface area (Å²) < 4.78 is 23.6. The molecule has 2 aromatic carbocycles. The third-order valence-electron chi connectivity index (χ3n) is 4.68. The summed E-state index contributed by atoms with van der Waals surface area (Å²) in [6.45, 7) is 0.856. The molecular weight excluding hydrogens is 400 g/mol. The molecule has 0 spiro atoms. The van der Waals surface area contributed by atoms with E-state index < -0.39 is 4.92 Å². The van der Waals surface area contributed by atoms with Crippen molar-refractivity contribution in [2.75, 3.05) is 21.0 Å². The molecule has 9 heteroatoms. The van der Waals surface area contributed by atoms with E-state index in [1.807, 2.05) is 35.2 Å². The summed E-state index contributed by atoms with van der Waals surface area (Å²) >= 11 is 0. The second-order valence-corrected chi connectivity index (χ2v) is 6.41. The molecule has 29 heavy (non-hydrogen) atoms. The average molecular weight is 419 g/mol. The van der Waals surface area contributed by atoms with Crippen LogP contribution in [-0.4, -0.2) is 25.9 Å². The second-order valence-electron chi connectivity index (χ2n) is 6.41. The molecule has 1 aromatic heterocycles. The molecule has 0 amide bonds. The highest BCUT2D eigenvalue weighted by Gasteiger charge is 2.23. The van der Waals surface area contributed by atoms with Crippen LogP contribution in [0.3, 0.4) is 0 Å². The maximum atomic E-state index is 11.3. The fourth-order valence-corrected chi connectivity index (χ4v) is 3.36. The van der Waals surface area contributed by atoms with Crippen molar-refractivity contribution in [3.8, 4) is 17.2 Å². The van der Waals surface area contributed by atoms with Gasteiger partial charge in [0.15, 0.2) is 37.2 Å². The van der Waals surface area contributed by atoms with E-state index in [0.29, 0.717) is 36.0 Å². The molecule has 0 radical (unpaired) electrons. The summed E-state index contributed by atoms with van der Waals surface area (Å²) in [5.74, 6) is 1.95. The highest BCUT2D eigenvalue weighted by Crippen LogP contribution is 2.33. The third-order valence-corrected chi connectivity index (χ3v) is 4.68. The number of nitrogens with zero attached hydrogens (tertiary/aromatic N) is 2. The molecule has 1 aliphatic rings. The molecule has 0 bridgehead atoms. The Morgan fingerprint density at radius 1 is 1.14 bits per heavy atom. The molecule has 3 aromatic rings. The molecule has 4 rings (SSSR count). The predicted molar refractivity (Wildman–Crippen MR) is 99.7 cm³/mol. The first kappa shape index (κ1) is 20.6. The van der Waals surface area contributed by atoms with E-state index in [2.05, 4.69) is 0 Å². The first-order valence-electron chi connectivity index (χ1n) is 8.64. The number of benzene rings is 2. The van der Waals surface area contributed by atoms with Crippen LogP contribution in [0.1, 0.15) is 11.1 Å². The van der Waals surface area contributed by atoms with E-state index in [1.54, 1.807) is 20.3 Å². The minimum absolute atomic E-state index is 0. The second kappa shape index (κ2) is 8.50. The Kier molecular flexibility index (Phi) is 6.05. The average Bonchev–Trinajstić information content (AvgIpc) is 2.72. The number of hydrogen-bond acceptors (Lipinski definition) is 6. The van der Waals surface area contributed by atoms with Crippen LogP contribution >= 0.6 is 0 Å². The number of nitro groups is 1. The number of hydrogen-bond donors (Lipinski definition) is 0. The molecule has 0 unspecified atom stereocenters. The van der Waals surface area contributed by atoms with Crippen molar-refractivity contribution >= 4 is 16.5 Å². The Morgan fingerprint density at radius 3 is 2.55 bits per heavy atom. The first-order valence-corrected chi connectivity index (χ1v) is 8.64. The Morgan fingerprint density at radius 2 is 1.86 bits per heavy atom. The van der Waals surface area contributed by atoms with Gasteiger partial charge in [0.1, 0.15) is 5.75 Å². The zero-order valence-corrected chi connectivity index (χ0v) is 16.6. The molecule has 1 aliphatic heterocycles. The van der Waals surface area contributed by atoms with Crippen LogP contribution in [0.25, 0.3) is 10.8 Å². The summed E-state index contributed by atoms with van der Waals surface area (Å²) in [5.41, 5.74) is 1.44. The fourth-order valence-electron chi connectivity index (χ4n) is 3.36. The van der Waals surface area contributed by atoms with Crippen molar-refractivity contribution in [1.29, 1.82) is 0 Å². The van der Waals surface area contributed by atoms with Gasteiger partial charge in [-0.25, -0.2) is 0 Å². The summed E-state index contributed by atoms with van der Waals surface area (Å²) in [6.07, 6.45) is 3.88. The molecular formula is C20H19ClN2O6. The van der Waals surface area contributed by atoms with Crippen LogP contribution in [0.5, 0.6) is 17.2 Å². The highest BCUT2D eigenvalue weighted by atomic mass is 35.5. The van der Waals surface area contributed by atoms with E-state index in [9.17, 15) is 10.1 Å². The van der Waals surface area contributed by atoms with Gasteiger partial charge in [0, 0.05) is 29.1 Å². The van der Waals surface area contributed by atoms with Crippen molar-refractivity contribution in [3.63, 3.8) is 0 Å². The Balaban J connectivity index is 0.00000240. The first-order chi connectivity index (χ1) is 13.6. The van der Waals surface area contributed by atoms with Crippen molar-refractivity contribution in [1.82, 2.24) is 0 Å². The van der Waals surface area contributed by atoms with Crippen molar-refractivity contribution in [3.05, 3.63) is 64.0 Å². The number of ether oxygens (including phenoxy) is 4. The molecule has 2 heterocycles. The van der Waals surface area contributed by atoms with Gasteiger partial charge >= 0.3 is 0 Å². The lowest BCUT2D eigenvalue weighted by atomic mass is 10.1. The zero-order valence-electron chi connectivity index (χ0n) is 15.9. The van der Waals surface area contributed by atoms with Crippen LogP contribution in [0.4, 0.5) is 5.69 Å². The highest BCUT2D eigenvalue weighted by molar-refractivity contribution is 5.84. The van der Waals surface area contributed by atoms with Gasteiger partial charge in [-0.15, -0.1) is 0 Å². The van der Waals surface area contributed by atoms with E-state index in [0.717, 1.165) is 16.3 Å². The normalized spacial score (nSPS) is 12.5. The number of pyridine rings is 1. The number of non-ortho nitro benzene ring substituents is 1. The number of nitro benzene ring substituents is 1. The van der Waals surface area contributed by atoms with E-state index in [4.69, 9.17) is 18.9 Å². The summed E-state index contributed by atoms with van der Waals surface area (Å²) in [6, 6.07) is 8.83. The van der Waals surface area contributed by atoms with Gasteiger partial charge in [-0.2, -0.15) is 4.57 Å². The largest absolute Gasteiger partial charge is 1.00 e. The molecule has 0 N–H and O–H groups in total. The SMILES string of the molecule is COc1cc2cc[n+](Cc3cc([N+](=O)[O-])cc4c3OCOC4)cc2cc1OC.[Cl-]. The van der Waals surface area contributed by atoms with Gasteiger partial charge in [-0.3, -0.25) is 10.1 Å². The Labute approximate surface area is 173 Å². The Bertz CT molecular complexity index is 1070. The van der Waals surface area contributed by atoms with Gasteiger partial charge in [0.25, 0.3) is 5.69 Å². The summed E-state index contributed by atoms with van der Waals surface area (Å²) in [5, 5.41) is 13.2. The summed E-state index contributed by atoms with van der Waals surface area (Å²) in [7, 11) is 3.19. The minimum atomic E-state index is -0.402. The molecule has 0 saturated heterocycles. The molecule has 0 fully saturated rings. The van der Waals surface area contributed by atoms with E-state index in [-0.39, 0.29) is 24.9 Å².